The first-order valence-corrected chi connectivity index (χ1v) is 5.32. The first-order chi connectivity index (χ1) is 7.31. The lowest BCUT2D eigenvalue weighted by atomic mass is 9.97. The molecule has 0 bridgehead atoms. The summed E-state index contributed by atoms with van der Waals surface area (Å²) >= 11 is 0. The summed E-state index contributed by atoms with van der Waals surface area (Å²) in [5.74, 6) is 1.05. The smallest absolute Gasteiger partial charge is 0.136 e. The van der Waals surface area contributed by atoms with E-state index >= 15 is 0 Å². The standard InChI is InChI=1S/C10H17N3O2/c11-5-9(14)10-12-6-8(13-10)7-1-3-15-4-2-7/h6-7,9,14H,1-5,11H2,(H,12,13). The first kappa shape index (κ1) is 10.6. The molecule has 0 spiro atoms. The van der Waals surface area contributed by atoms with Gasteiger partial charge in [0.15, 0.2) is 0 Å². The summed E-state index contributed by atoms with van der Waals surface area (Å²) in [5, 5.41) is 9.50. The minimum absolute atomic E-state index is 0.195. The summed E-state index contributed by atoms with van der Waals surface area (Å²) in [6.45, 7) is 1.80. The number of ether oxygens (including phenoxy) is 1. The van der Waals surface area contributed by atoms with E-state index in [9.17, 15) is 5.11 Å². The largest absolute Gasteiger partial charge is 0.384 e. The van der Waals surface area contributed by atoms with Gasteiger partial charge >= 0.3 is 0 Å². The van der Waals surface area contributed by atoms with Gasteiger partial charge in [0.25, 0.3) is 0 Å². The fraction of sp³-hybridized carbons (Fsp3) is 0.700. The summed E-state index contributed by atoms with van der Waals surface area (Å²) in [7, 11) is 0. The number of aliphatic hydroxyl groups is 1. The van der Waals surface area contributed by atoms with E-state index in [2.05, 4.69) is 9.97 Å². The van der Waals surface area contributed by atoms with Gasteiger partial charge in [0.05, 0.1) is 0 Å². The Hall–Kier alpha value is -0.910. The van der Waals surface area contributed by atoms with Crippen LogP contribution in [-0.4, -0.2) is 34.8 Å². The highest BCUT2D eigenvalue weighted by Crippen LogP contribution is 2.25. The molecule has 1 aliphatic rings. The highest BCUT2D eigenvalue weighted by Gasteiger charge is 2.19. The fourth-order valence-corrected chi connectivity index (χ4v) is 1.85. The molecule has 84 valence electrons. The lowest BCUT2D eigenvalue weighted by Crippen LogP contribution is -2.15. The number of aromatic nitrogens is 2. The van der Waals surface area contributed by atoms with Crippen molar-refractivity contribution in [1.82, 2.24) is 9.97 Å². The summed E-state index contributed by atoms with van der Waals surface area (Å²) in [5.41, 5.74) is 6.45. The number of nitrogens with zero attached hydrogens (tertiary/aromatic N) is 1. The Labute approximate surface area is 88.7 Å². The van der Waals surface area contributed by atoms with Crippen LogP contribution in [0.2, 0.25) is 0 Å². The molecule has 2 heterocycles. The van der Waals surface area contributed by atoms with Crippen LogP contribution in [0.3, 0.4) is 0 Å². The molecule has 1 unspecified atom stereocenters. The maximum absolute atomic E-state index is 9.50. The van der Waals surface area contributed by atoms with E-state index in [-0.39, 0.29) is 6.54 Å². The van der Waals surface area contributed by atoms with Crippen LogP contribution in [0.1, 0.15) is 36.4 Å². The third-order valence-corrected chi connectivity index (χ3v) is 2.82. The zero-order valence-electron chi connectivity index (χ0n) is 8.65. The third kappa shape index (κ3) is 2.37. The highest BCUT2D eigenvalue weighted by atomic mass is 16.5. The monoisotopic (exact) mass is 211 g/mol. The Balaban J connectivity index is 2.05. The van der Waals surface area contributed by atoms with Gasteiger partial charge in [-0.05, 0) is 12.8 Å². The van der Waals surface area contributed by atoms with Crippen LogP contribution in [0.5, 0.6) is 0 Å². The van der Waals surface area contributed by atoms with Gasteiger partial charge in [-0.15, -0.1) is 0 Å². The average molecular weight is 211 g/mol. The molecular weight excluding hydrogens is 194 g/mol. The molecule has 15 heavy (non-hydrogen) atoms. The van der Waals surface area contributed by atoms with Crippen LogP contribution in [0.15, 0.2) is 6.20 Å². The number of nitrogens with two attached hydrogens (primary N) is 1. The quantitative estimate of drug-likeness (QED) is 0.671. The van der Waals surface area contributed by atoms with Crippen molar-refractivity contribution in [2.24, 2.45) is 5.73 Å². The van der Waals surface area contributed by atoms with Crippen molar-refractivity contribution in [1.29, 1.82) is 0 Å². The van der Waals surface area contributed by atoms with Gasteiger partial charge in [-0.1, -0.05) is 0 Å². The average Bonchev–Trinajstić information content (AvgIpc) is 2.78. The molecule has 1 saturated heterocycles. The number of H-pyrrole nitrogens is 1. The molecule has 0 radical (unpaired) electrons. The normalized spacial score (nSPS) is 20.4. The Kier molecular flexibility index (Phi) is 3.35. The molecule has 0 saturated carbocycles. The van der Waals surface area contributed by atoms with Gasteiger partial charge < -0.3 is 20.6 Å². The molecule has 4 N–H and O–H groups in total. The van der Waals surface area contributed by atoms with E-state index in [1.165, 1.54) is 0 Å². The second-order valence-corrected chi connectivity index (χ2v) is 3.86. The first-order valence-electron chi connectivity index (χ1n) is 5.32. The predicted octanol–water partition coefficient (Wildman–Crippen LogP) is 0.296. The molecule has 1 aromatic rings. The Morgan fingerprint density at radius 2 is 2.33 bits per heavy atom. The summed E-state index contributed by atoms with van der Waals surface area (Å²) in [4.78, 5) is 7.27. The molecule has 0 aliphatic carbocycles. The number of hydrogen-bond donors (Lipinski definition) is 3. The third-order valence-electron chi connectivity index (χ3n) is 2.82. The number of nitrogens with one attached hydrogen (secondary N) is 1. The lowest BCUT2D eigenvalue weighted by molar-refractivity contribution is 0.0845. The maximum atomic E-state index is 9.50. The predicted molar refractivity (Wildman–Crippen MR) is 55.4 cm³/mol. The minimum atomic E-state index is -0.682. The lowest BCUT2D eigenvalue weighted by Gasteiger charge is -2.20. The highest BCUT2D eigenvalue weighted by molar-refractivity contribution is 5.09. The Morgan fingerprint density at radius 3 is 3.00 bits per heavy atom. The molecular formula is C10H17N3O2. The SMILES string of the molecule is NCC(O)c1ncc(C2CCOCC2)[nH]1. The molecule has 0 aromatic carbocycles. The van der Waals surface area contributed by atoms with E-state index in [4.69, 9.17) is 10.5 Å². The molecule has 2 rings (SSSR count). The molecule has 1 aromatic heterocycles. The number of aromatic amines is 1. The number of rotatable bonds is 3. The van der Waals surface area contributed by atoms with Crippen LogP contribution in [0.4, 0.5) is 0 Å². The summed E-state index contributed by atoms with van der Waals surface area (Å²) < 4.78 is 5.29. The van der Waals surface area contributed by atoms with E-state index in [1.807, 2.05) is 0 Å². The molecule has 1 fully saturated rings. The van der Waals surface area contributed by atoms with Crippen LogP contribution in [0, 0.1) is 0 Å². The van der Waals surface area contributed by atoms with Gasteiger partial charge in [-0.25, -0.2) is 4.98 Å². The van der Waals surface area contributed by atoms with E-state index in [1.54, 1.807) is 6.20 Å². The Bertz CT molecular complexity index is 307. The van der Waals surface area contributed by atoms with Crippen molar-refractivity contribution in [2.45, 2.75) is 24.9 Å². The maximum Gasteiger partial charge on any atom is 0.136 e. The van der Waals surface area contributed by atoms with Crippen LogP contribution in [0.25, 0.3) is 0 Å². The fourth-order valence-electron chi connectivity index (χ4n) is 1.85. The van der Waals surface area contributed by atoms with Crippen molar-refractivity contribution in [3.05, 3.63) is 17.7 Å². The second kappa shape index (κ2) is 4.74. The van der Waals surface area contributed by atoms with Gasteiger partial charge in [-0.2, -0.15) is 0 Å². The van der Waals surface area contributed by atoms with Crippen molar-refractivity contribution < 1.29 is 9.84 Å². The number of imidazole rings is 1. The van der Waals surface area contributed by atoms with Gasteiger partial charge in [0.2, 0.25) is 0 Å². The number of hydrogen-bond acceptors (Lipinski definition) is 4. The zero-order valence-corrected chi connectivity index (χ0v) is 8.65. The van der Waals surface area contributed by atoms with Crippen LogP contribution in [-0.2, 0) is 4.74 Å². The van der Waals surface area contributed by atoms with Crippen molar-refractivity contribution in [3.63, 3.8) is 0 Å². The van der Waals surface area contributed by atoms with Crippen molar-refractivity contribution in [2.75, 3.05) is 19.8 Å². The van der Waals surface area contributed by atoms with Crippen LogP contribution < -0.4 is 5.73 Å². The van der Waals surface area contributed by atoms with Crippen molar-refractivity contribution >= 4 is 0 Å². The van der Waals surface area contributed by atoms with Crippen molar-refractivity contribution in [3.8, 4) is 0 Å². The molecule has 5 heteroatoms. The molecule has 1 aliphatic heterocycles. The second-order valence-electron chi connectivity index (χ2n) is 3.86. The van der Waals surface area contributed by atoms with E-state index in [0.29, 0.717) is 11.7 Å². The summed E-state index contributed by atoms with van der Waals surface area (Å²) in [6, 6.07) is 0. The molecule has 0 amide bonds. The van der Waals surface area contributed by atoms with Gasteiger partial charge in [0.1, 0.15) is 11.9 Å². The molecule has 5 nitrogen and oxygen atoms in total. The van der Waals surface area contributed by atoms with Gasteiger partial charge in [0, 0.05) is 37.6 Å². The number of aliphatic hydroxyl groups excluding tert-OH is 1. The van der Waals surface area contributed by atoms with E-state index in [0.717, 1.165) is 31.7 Å². The van der Waals surface area contributed by atoms with E-state index < -0.39 is 6.10 Å². The zero-order chi connectivity index (χ0) is 10.7. The minimum Gasteiger partial charge on any atom is -0.384 e. The Morgan fingerprint density at radius 1 is 1.60 bits per heavy atom. The molecule has 1 atom stereocenters. The van der Waals surface area contributed by atoms with Crippen LogP contribution >= 0.6 is 0 Å². The topological polar surface area (TPSA) is 84.2 Å². The van der Waals surface area contributed by atoms with Gasteiger partial charge in [-0.3, -0.25) is 0 Å². The summed E-state index contributed by atoms with van der Waals surface area (Å²) in [6.07, 6.45) is 3.14.